The van der Waals surface area contributed by atoms with Gasteiger partial charge in [-0.3, -0.25) is 0 Å². The molecular formula is C14H20N2. The summed E-state index contributed by atoms with van der Waals surface area (Å²) in [5.74, 6) is 2.38. The smallest absolute Gasteiger partial charge is 0.130 e. The summed E-state index contributed by atoms with van der Waals surface area (Å²) < 4.78 is 0. The molecule has 0 saturated heterocycles. The molecule has 1 aliphatic carbocycles. The minimum absolute atomic E-state index is 0.558. The number of allylic oxidation sites excluding steroid dienone is 3. The molecular weight excluding hydrogens is 196 g/mol. The molecule has 2 aliphatic rings. The van der Waals surface area contributed by atoms with Crippen LogP contribution in [0.25, 0.3) is 0 Å². The van der Waals surface area contributed by atoms with E-state index >= 15 is 0 Å². The summed E-state index contributed by atoms with van der Waals surface area (Å²) in [5, 5.41) is 0. The second-order valence-electron chi connectivity index (χ2n) is 4.91. The average Bonchev–Trinajstić information content (AvgIpc) is 2.25. The van der Waals surface area contributed by atoms with Gasteiger partial charge >= 0.3 is 0 Å². The van der Waals surface area contributed by atoms with Crippen LogP contribution >= 0.6 is 0 Å². The standard InChI is InChI=1S/C14H20N2/c1-9-6-7-12-13(11(9)3)10(2)5-4-8-16-14(12)15/h4,6-11H,5H2,1-3H3,(H2,15,16)/b8-4+. The van der Waals surface area contributed by atoms with Crippen molar-refractivity contribution in [2.45, 2.75) is 27.2 Å². The van der Waals surface area contributed by atoms with E-state index in [1.54, 1.807) is 0 Å². The molecule has 3 unspecified atom stereocenters. The number of nitrogens with zero attached hydrogens (tertiary/aromatic N) is 1. The zero-order chi connectivity index (χ0) is 11.7. The molecule has 2 rings (SSSR count). The Kier molecular flexibility index (Phi) is 2.99. The fourth-order valence-electron chi connectivity index (χ4n) is 2.58. The zero-order valence-corrected chi connectivity index (χ0v) is 10.3. The van der Waals surface area contributed by atoms with E-state index in [9.17, 15) is 0 Å². The monoisotopic (exact) mass is 216 g/mol. The predicted octanol–water partition coefficient (Wildman–Crippen LogP) is 3.04. The first-order chi connectivity index (χ1) is 7.61. The molecule has 0 aromatic carbocycles. The Morgan fingerprint density at radius 3 is 2.81 bits per heavy atom. The van der Waals surface area contributed by atoms with Gasteiger partial charge in [-0.05, 0) is 24.2 Å². The highest BCUT2D eigenvalue weighted by Crippen LogP contribution is 2.36. The number of hydrogen-bond donors (Lipinski definition) is 1. The quantitative estimate of drug-likeness (QED) is 0.664. The lowest BCUT2D eigenvalue weighted by molar-refractivity contribution is 0.461. The highest BCUT2D eigenvalue weighted by molar-refractivity contribution is 6.01. The van der Waals surface area contributed by atoms with E-state index in [2.05, 4.69) is 44.0 Å². The van der Waals surface area contributed by atoms with Gasteiger partial charge in [0, 0.05) is 11.8 Å². The van der Waals surface area contributed by atoms with Crippen molar-refractivity contribution < 1.29 is 0 Å². The highest BCUT2D eigenvalue weighted by Gasteiger charge is 2.26. The second-order valence-corrected chi connectivity index (χ2v) is 4.91. The van der Waals surface area contributed by atoms with E-state index in [1.165, 1.54) is 5.57 Å². The van der Waals surface area contributed by atoms with Crippen molar-refractivity contribution in [1.82, 2.24) is 0 Å². The van der Waals surface area contributed by atoms with Crippen LogP contribution in [-0.4, -0.2) is 5.84 Å². The van der Waals surface area contributed by atoms with Crippen LogP contribution < -0.4 is 5.73 Å². The second kappa shape index (κ2) is 4.28. The summed E-state index contributed by atoms with van der Waals surface area (Å²) in [7, 11) is 0. The summed E-state index contributed by atoms with van der Waals surface area (Å²) in [6.07, 6.45) is 9.38. The van der Waals surface area contributed by atoms with E-state index in [-0.39, 0.29) is 0 Å². The topological polar surface area (TPSA) is 38.4 Å². The maximum absolute atomic E-state index is 6.02. The molecule has 1 heterocycles. The zero-order valence-electron chi connectivity index (χ0n) is 10.3. The van der Waals surface area contributed by atoms with Crippen molar-refractivity contribution in [3.05, 3.63) is 35.6 Å². The molecule has 0 radical (unpaired) electrons. The number of aliphatic imine (C=N–C) groups is 1. The number of nitrogens with two attached hydrogens (primary N) is 1. The van der Waals surface area contributed by atoms with Crippen LogP contribution in [0.3, 0.4) is 0 Å². The van der Waals surface area contributed by atoms with Crippen LogP contribution in [-0.2, 0) is 0 Å². The van der Waals surface area contributed by atoms with Crippen LogP contribution in [0, 0.1) is 17.8 Å². The molecule has 0 aromatic rings. The molecule has 0 fully saturated rings. The van der Waals surface area contributed by atoms with Crippen LogP contribution in [0.15, 0.2) is 40.6 Å². The molecule has 0 aromatic heterocycles. The Balaban J connectivity index is 2.51. The molecule has 0 saturated carbocycles. The van der Waals surface area contributed by atoms with Crippen molar-refractivity contribution in [2.75, 3.05) is 0 Å². The number of hydrogen-bond acceptors (Lipinski definition) is 2. The highest BCUT2D eigenvalue weighted by atomic mass is 14.8. The van der Waals surface area contributed by atoms with Crippen molar-refractivity contribution in [3.8, 4) is 0 Å². The van der Waals surface area contributed by atoms with Crippen molar-refractivity contribution >= 4 is 5.84 Å². The average molecular weight is 216 g/mol. The van der Waals surface area contributed by atoms with Gasteiger partial charge in [-0.2, -0.15) is 0 Å². The molecule has 86 valence electrons. The van der Waals surface area contributed by atoms with Crippen molar-refractivity contribution in [2.24, 2.45) is 28.5 Å². The fraction of sp³-hybridized carbons (Fsp3) is 0.500. The normalized spacial score (nSPS) is 36.2. The van der Waals surface area contributed by atoms with Crippen LogP contribution in [0.5, 0.6) is 0 Å². The molecule has 16 heavy (non-hydrogen) atoms. The SMILES string of the molecule is CC1C/C=C/N=C(N)C2=C1C(C)C(C)C=C2. The van der Waals surface area contributed by atoms with Gasteiger partial charge in [-0.15, -0.1) is 0 Å². The van der Waals surface area contributed by atoms with Gasteiger partial charge in [0.2, 0.25) is 0 Å². The molecule has 0 amide bonds. The van der Waals surface area contributed by atoms with Gasteiger partial charge in [0.1, 0.15) is 5.84 Å². The molecule has 2 N–H and O–H groups in total. The molecule has 1 aliphatic heterocycles. The fourth-order valence-corrected chi connectivity index (χ4v) is 2.58. The summed E-state index contributed by atoms with van der Waals surface area (Å²) in [4.78, 5) is 4.27. The van der Waals surface area contributed by atoms with Crippen LogP contribution in [0.1, 0.15) is 27.2 Å². The third-order valence-corrected chi connectivity index (χ3v) is 3.77. The molecule has 0 spiro atoms. The Morgan fingerprint density at radius 2 is 2.06 bits per heavy atom. The van der Waals surface area contributed by atoms with Gasteiger partial charge in [-0.25, -0.2) is 4.99 Å². The van der Waals surface area contributed by atoms with Gasteiger partial charge in [0.25, 0.3) is 0 Å². The summed E-state index contributed by atoms with van der Waals surface area (Å²) >= 11 is 0. The Morgan fingerprint density at radius 1 is 1.31 bits per heavy atom. The summed E-state index contributed by atoms with van der Waals surface area (Å²) in [6.45, 7) is 6.83. The first-order valence-electron chi connectivity index (χ1n) is 6.02. The van der Waals surface area contributed by atoms with E-state index in [4.69, 9.17) is 5.73 Å². The van der Waals surface area contributed by atoms with Gasteiger partial charge in [0.05, 0.1) is 0 Å². The number of rotatable bonds is 0. The van der Waals surface area contributed by atoms with E-state index in [0.29, 0.717) is 23.6 Å². The van der Waals surface area contributed by atoms with Crippen LogP contribution in [0.4, 0.5) is 0 Å². The van der Waals surface area contributed by atoms with E-state index < -0.39 is 0 Å². The minimum atomic E-state index is 0.558. The van der Waals surface area contributed by atoms with Gasteiger partial charge in [-0.1, -0.05) is 44.6 Å². The molecule has 3 atom stereocenters. The summed E-state index contributed by atoms with van der Waals surface area (Å²) in [5.41, 5.74) is 8.65. The lowest BCUT2D eigenvalue weighted by Gasteiger charge is -2.31. The molecule has 0 bridgehead atoms. The van der Waals surface area contributed by atoms with Crippen LogP contribution in [0.2, 0.25) is 0 Å². The van der Waals surface area contributed by atoms with Crippen molar-refractivity contribution in [3.63, 3.8) is 0 Å². The molecule has 2 heteroatoms. The van der Waals surface area contributed by atoms with E-state index in [1.807, 2.05) is 6.20 Å². The van der Waals surface area contributed by atoms with Crippen molar-refractivity contribution in [1.29, 1.82) is 0 Å². The Bertz CT molecular complexity index is 399. The lowest BCUT2D eigenvalue weighted by atomic mass is 9.74. The third-order valence-electron chi connectivity index (χ3n) is 3.77. The lowest BCUT2D eigenvalue weighted by Crippen LogP contribution is -2.26. The maximum Gasteiger partial charge on any atom is 0.130 e. The van der Waals surface area contributed by atoms with E-state index in [0.717, 1.165) is 12.0 Å². The predicted molar refractivity (Wildman–Crippen MR) is 69.0 cm³/mol. The van der Waals surface area contributed by atoms with Gasteiger partial charge < -0.3 is 5.73 Å². The summed E-state index contributed by atoms with van der Waals surface area (Å²) in [6, 6.07) is 0. The largest absolute Gasteiger partial charge is 0.383 e. The Hall–Kier alpha value is -1.31. The van der Waals surface area contributed by atoms with Gasteiger partial charge in [0.15, 0.2) is 0 Å². The molecule has 2 nitrogen and oxygen atoms in total. The first kappa shape index (κ1) is 11.2. The first-order valence-corrected chi connectivity index (χ1v) is 6.02. The Labute approximate surface area is 97.6 Å². The maximum atomic E-state index is 6.02. The number of amidine groups is 1. The third kappa shape index (κ3) is 1.84. The minimum Gasteiger partial charge on any atom is -0.383 e.